The minimum atomic E-state index is -2.87. The Morgan fingerprint density at radius 2 is 2.24 bits per heavy atom. The van der Waals surface area contributed by atoms with Crippen molar-refractivity contribution in [3.8, 4) is 10.6 Å². The van der Waals surface area contributed by atoms with Gasteiger partial charge in [-0.2, -0.15) is 11.3 Å². The Labute approximate surface area is 157 Å². The Morgan fingerprint density at radius 1 is 1.32 bits per heavy atom. The number of hydrogen-bond donors (Lipinski definition) is 0. The van der Waals surface area contributed by atoms with Gasteiger partial charge in [0.05, 0.1) is 17.2 Å². The van der Waals surface area contributed by atoms with Gasteiger partial charge in [0, 0.05) is 28.5 Å². The van der Waals surface area contributed by atoms with Crippen molar-refractivity contribution >= 4 is 44.3 Å². The maximum absolute atomic E-state index is 11.5. The normalized spacial score (nSPS) is 19.4. The number of hydrogen-bond acceptors (Lipinski definition) is 9. The van der Waals surface area contributed by atoms with E-state index in [4.69, 9.17) is 4.42 Å². The van der Waals surface area contributed by atoms with Crippen molar-refractivity contribution in [3.63, 3.8) is 0 Å². The van der Waals surface area contributed by atoms with Gasteiger partial charge in [0.2, 0.25) is 5.89 Å². The Hall–Kier alpha value is -1.23. The zero-order valence-electron chi connectivity index (χ0n) is 13.1. The molecule has 0 bridgehead atoms. The minimum Gasteiger partial charge on any atom is -0.416 e. The molecule has 0 aliphatic carbocycles. The molecule has 1 saturated heterocycles. The van der Waals surface area contributed by atoms with Gasteiger partial charge >= 0.3 is 0 Å². The van der Waals surface area contributed by atoms with E-state index in [0.29, 0.717) is 29.7 Å². The van der Waals surface area contributed by atoms with Crippen molar-refractivity contribution < 1.29 is 12.8 Å². The molecule has 0 spiro atoms. The number of aromatic nitrogens is 3. The van der Waals surface area contributed by atoms with Gasteiger partial charge in [-0.25, -0.2) is 13.4 Å². The molecule has 0 unspecified atom stereocenters. The van der Waals surface area contributed by atoms with Crippen molar-refractivity contribution in [2.45, 2.75) is 23.8 Å². The van der Waals surface area contributed by atoms with E-state index < -0.39 is 9.84 Å². The largest absolute Gasteiger partial charge is 0.416 e. The van der Waals surface area contributed by atoms with Crippen LogP contribution in [0.5, 0.6) is 0 Å². The van der Waals surface area contributed by atoms with Crippen LogP contribution in [-0.4, -0.2) is 35.1 Å². The molecule has 1 aliphatic heterocycles. The van der Waals surface area contributed by atoms with Crippen LogP contribution in [0, 0.1) is 5.92 Å². The predicted molar refractivity (Wildman–Crippen MR) is 99.8 cm³/mol. The molecule has 0 aromatic carbocycles. The second kappa shape index (κ2) is 7.18. The quantitative estimate of drug-likeness (QED) is 0.571. The van der Waals surface area contributed by atoms with Crippen LogP contribution in [0.3, 0.4) is 0 Å². The maximum Gasteiger partial charge on any atom is 0.276 e. The molecule has 1 fully saturated rings. The fourth-order valence-electron chi connectivity index (χ4n) is 2.69. The summed E-state index contributed by atoms with van der Waals surface area (Å²) in [6.07, 6.45) is 1.21. The van der Waals surface area contributed by atoms with Crippen LogP contribution in [0.1, 0.15) is 18.0 Å². The Kier molecular flexibility index (Phi) is 4.94. The van der Waals surface area contributed by atoms with Gasteiger partial charge in [-0.15, -0.1) is 21.5 Å². The molecule has 0 saturated carbocycles. The van der Waals surface area contributed by atoms with E-state index in [1.54, 1.807) is 22.7 Å². The average Bonchev–Trinajstić information content (AvgIpc) is 3.32. The van der Waals surface area contributed by atoms with E-state index in [0.717, 1.165) is 16.3 Å². The third kappa shape index (κ3) is 4.30. The number of sulfone groups is 1. The van der Waals surface area contributed by atoms with E-state index >= 15 is 0 Å². The Bertz CT molecular complexity index is 947. The monoisotopic (exact) mass is 413 g/mol. The molecule has 132 valence electrons. The standard InChI is InChI=1S/C15H15N3O3S4/c19-25(20)4-2-10(9-25)5-13-17-18-15(21-13)24-8-12-7-23-14(16-12)11-1-3-22-6-11/h1,3,6-7,10H,2,4-5,8-9H2/t10-/m0/s1. The molecule has 0 radical (unpaired) electrons. The van der Waals surface area contributed by atoms with Crippen molar-refractivity contribution in [3.05, 3.63) is 33.8 Å². The highest BCUT2D eigenvalue weighted by Crippen LogP contribution is 2.29. The van der Waals surface area contributed by atoms with Gasteiger partial charge in [-0.3, -0.25) is 0 Å². The zero-order valence-corrected chi connectivity index (χ0v) is 16.4. The van der Waals surface area contributed by atoms with E-state index in [1.807, 2.05) is 10.8 Å². The molecule has 0 N–H and O–H groups in total. The van der Waals surface area contributed by atoms with Gasteiger partial charge in [-0.05, 0) is 23.8 Å². The van der Waals surface area contributed by atoms with E-state index in [9.17, 15) is 8.42 Å². The van der Waals surface area contributed by atoms with Gasteiger partial charge in [0.15, 0.2) is 9.84 Å². The highest BCUT2D eigenvalue weighted by atomic mass is 32.2. The minimum absolute atomic E-state index is 0.0926. The number of thiophene rings is 1. The van der Waals surface area contributed by atoms with Crippen LogP contribution in [0.25, 0.3) is 10.6 Å². The third-order valence-corrected chi connectivity index (χ3v) is 8.21. The zero-order chi connectivity index (χ0) is 17.3. The summed E-state index contributed by atoms with van der Waals surface area (Å²) < 4.78 is 28.7. The summed E-state index contributed by atoms with van der Waals surface area (Å²) >= 11 is 4.74. The van der Waals surface area contributed by atoms with Crippen LogP contribution < -0.4 is 0 Å². The summed E-state index contributed by atoms with van der Waals surface area (Å²) in [5.41, 5.74) is 2.13. The fraction of sp³-hybridized carbons (Fsp3) is 0.400. The molecule has 1 aliphatic rings. The summed E-state index contributed by atoms with van der Waals surface area (Å²) in [4.78, 5) is 4.62. The molecule has 10 heteroatoms. The van der Waals surface area contributed by atoms with Crippen LogP contribution in [0.2, 0.25) is 0 Å². The molecule has 1 atom stereocenters. The topological polar surface area (TPSA) is 86.0 Å². The van der Waals surface area contributed by atoms with E-state index in [1.165, 1.54) is 11.8 Å². The lowest BCUT2D eigenvalue weighted by molar-refractivity contribution is 0.389. The number of thiazole rings is 1. The Balaban J connectivity index is 1.33. The lowest BCUT2D eigenvalue weighted by Crippen LogP contribution is -2.07. The SMILES string of the molecule is O=S1(=O)CC[C@@H](Cc2nnc(SCc3csc(-c4ccsc4)n3)o2)C1. The molecule has 6 nitrogen and oxygen atoms in total. The van der Waals surface area contributed by atoms with E-state index in [2.05, 4.69) is 26.6 Å². The molecule has 4 rings (SSSR count). The van der Waals surface area contributed by atoms with Gasteiger partial charge in [0.1, 0.15) is 5.01 Å². The highest BCUT2D eigenvalue weighted by Gasteiger charge is 2.29. The van der Waals surface area contributed by atoms with Gasteiger partial charge in [-0.1, -0.05) is 11.8 Å². The molecular formula is C15H15N3O3S4. The van der Waals surface area contributed by atoms with Crippen LogP contribution in [0.4, 0.5) is 0 Å². The number of nitrogens with zero attached hydrogens (tertiary/aromatic N) is 3. The number of rotatable bonds is 6. The lowest BCUT2D eigenvalue weighted by Gasteiger charge is -2.01. The van der Waals surface area contributed by atoms with E-state index in [-0.39, 0.29) is 17.4 Å². The van der Waals surface area contributed by atoms with Crippen molar-refractivity contribution in [1.29, 1.82) is 0 Å². The second-order valence-electron chi connectivity index (χ2n) is 5.88. The fourth-order valence-corrected chi connectivity index (χ4v) is 6.86. The first-order valence-corrected chi connectivity index (χ1v) is 12.3. The summed E-state index contributed by atoms with van der Waals surface area (Å²) in [5.74, 6) is 1.77. The summed E-state index contributed by atoms with van der Waals surface area (Å²) in [5, 5.41) is 15.8. The molecule has 3 aromatic heterocycles. The van der Waals surface area contributed by atoms with Crippen LogP contribution >= 0.6 is 34.4 Å². The first-order chi connectivity index (χ1) is 12.1. The third-order valence-electron chi connectivity index (χ3n) is 3.90. The smallest absolute Gasteiger partial charge is 0.276 e. The van der Waals surface area contributed by atoms with Crippen molar-refractivity contribution in [2.24, 2.45) is 5.92 Å². The predicted octanol–water partition coefficient (Wildman–Crippen LogP) is 3.52. The Morgan fingerprint density at radius 3 is 3.00 bits per heavy atom. The average molecular weight is 414 g/mol. The second-order valence-corrected chi connectivity index (χ2v) is 10.7. The summed E-state index contributed by atoms with van der Waals surface area (Å²) in [6, 6.07) is 2.06. The first kappa shape index (κ1) is 17.2. The summed E-state index contributed by atoms with van der Waals surface area (Å²) in [7, 11) is -2.87. The molecule has 3 aromatic rings. The number of thioether (sulfide) groups is 1. The molecule has 4 heterocycles. The molecule has 25 heavy (non-hydrogen) atoms. The highest BCUT2D eigenvalue weighted by molar-refractivity contribution is 7.98. The summed E-state index contributed by atoms with van der Waals surface area (Å²) in [6.45, 7) is 0. The molecular weight excluding hydrogens is 398 g/mol. The van der Waals surface area contributed by atoms with Gasteiger partial charge < -0.3 is 4.42 Å². The van der Waals surface area contributed by atoms with Crippen LogP contribution in [0.15, 0.2) is 31.8 Å². The molecule has 0 amide bonds. The van der Waals surface area contributed by atoms with Crippen molar-refractivity contribution in [1.82, 2.24) is 15.2 Å². The lowest BCUT2D eigenvalue weighted by atomic mass is 10.1. The maximum atomic E-state index is 11.5. The first-order valence-electron chi connectivity index (χ1n) is 7.70. The van der Waals surface area contributed by atoms with Gasteiger partial charge in [0.25, 0.3) is 5.22 Å². The van der Waals surface area contributed by atoms with Crippen LogP contribution in [-0.2, 0) is 22.0 Å². The van der Waals surface area contributed by atoms with Crippen molar-refractivity contribution in [2.75, 3.05) is 11.5 Å².